The van der Waals surface area contributed by atoms with Gasteiger partial charge in [0.25, 0.3) is 0 Å². The summed E-state index contributed by atoms with van der Waals surface area (Å²) in [6.45, 7) is 1.24. The Morgan fingerprint density at radius 2 is 2.04 bits per heavy atom. The lowest BCUT2D eigenvalue weighted by Crippen LogP contribution is -2.37. The van der Waals surface area contributed by atoms with E-state index in [1.165, 1.54) is 5.56 Å². The molecule has 2 atom stereocenters. The maximum atomic E-state index is 13.1. The van der Waals surface area contributed by atoms with Crippen LogP contribution in [0.1, 0.15) is 30.9 Å². The highest BCUT2D eigenvalue weighted by Crippen LogP contribution is 2.36. The van der Waals surface area contributed by atoms with Crippen LogP contribution in [0.2, 0.25) is 0 Å². The minimum Gasteiger partial charge on any atom is -0.497 e. The standard InChI is InChI=1S/C20H22N2O3S/c1-25-17-6-4-16(5-7-17)22-12-15(11-19(22)23)20(24)21-9-2-3-18(21)14-8-10-26-13-14/h4-8,10,13,15,18H,2-3,9,11-12H2,1H3. The molecule has 2 amide bonds. The van der Waals surface area contributed by atoms with Crippen LogP contribution in [0.4, 0.5) is 5.69 Å². The lowest BCUT2D eigenvalue weighted by atomic mass is 10.0. The predicted molar refractivity (Wildman–Crippen MR) is 101 cm³/mol. The van der Waals surface area contributed by atoms with E-state index in [0.717, 1.165) is 30.8 Å². The van der Waals surface area contributed by atoms with Crippen LogP contribution >= 0.6 is 11.3 Å². The molecule has 0 spiro atoms. The van der Waals surface area contributed by atoms with Gasteiger partial charge in [0.2, 0.25) is 11.8 Å². The number of benzene rings is 1. The summed E-state index contributed by atoms with van der Waals surface area (Å²) in [5, 5.41) is 4.18. The molecule has 136 valence electrons. The Labute approximate surface area is 157 Å². The van der Waals surface area contributed by atoms with E-state index in [9.17, 15) is 9.59 Å². The number of anilines is 1. The first-order chi connectivity index (χ1) is 12.7. The predicted octanol–water partition coefficient (Wildman–Crippen LogP) is 3.47. The highest BCUT2D eigenvalue weighted by atomic mass is 32.1. The van der Waals surface area contributed by atoms with Crippen LogP contribution in [0, 0.1) is 5.92 Å². The summed E-state index contributed by atoms with van der Waals surface area (Å²) in [6, 6.07) is 9.68. The molecular formula is C20H22N2O3S. The van der Waals surface area contributed by atoms with Crippen LogP contribution in [0.15, 0.2) is 41.1 Å². The van der Waals surface area contributed by atoms with Gasteiger partial charge in [-0.1, -0.05) is 0 Å². The van der Waals surface area contributed by atoms with E-state index in [-0.39, 0.29) is 30.2 Å². The molecule has 0 N–H and O–H groups in total. The molecule has 0 radical (unpaired) electrons. The van der Waals surface area contributed by atoms with Gasteiger partial charge in [-0.3, -0.25) is 9.59 Å². The summed E-state index contributed by atoms with van der Waals surface area (Å²) in [7, 11) is 1.62. The van der Waals surface area contributed by atoms with E-state index >= 15 is 0 Å². The number of thiophene rings is 1. The number of carbonyl (C=O) groups excluding carboxylic acids is 2. The second-order valence-corrected chi connectivity index (χ2v) is 7.63. The Balaban J connectivity index is 1.48. The lowest BCUT2D eigenvalue weighted by molar-refractivity contribution is -0.136. The lowest BCUT2D eigenvalue weighted by Gasteiger charge is -2.27. The highest BCUT2D eigenvalue weighted by Gasteiger charge is 2.40. The van der Waals surface area contributed by atoms with Gasteiger partial charge in [0, 0.05) is 25.2 Å². The zero-order valence-electron chi connectivity index (χ0n) is 14.8. The average Bonchev–Trinajstić information content (AvgIpc) is 3.41. The zero-order chi connectivity index (χ0) is 18.1. The second-order valence-electron chi connectivity index (χ2n) is 6.85. The van der Waals surface area contributed by atoms with E-state index in [4.69, 9.17) is 4.74 Å². The number of nitrogens with zero attached hydrogens (tertiary/aromatic N) is 2. The molecule has 2 unspecified atom stereocenters. The fourth-order valence-corrected chi connectivity index (χ4v) is 4.67. The van der Waals surface area contributed by atoms with E-state index in [2.05, 4.69) is 16.8 Å². The number of methoxy groups -OCH3 is 1. The van der Waals surface area contributed by atoms with Crippen molar-refractivity contribution in [2.24, 2.45) is 5.92 Å². The van der Waals surface area contributed by atoms with Crippen molar-refractivity contribution in [3.05, 3.63) is 46.7 Å². The molecule has 2 aromatic rings. The Hall–Kier alpha value is -2.34. The maximum absolute atomic E-state index is 13.1. The largest absolute Gasteiger partial charge is 0.497 e. The number of carbonyl (C=O) groups is 2. The molecule has 26 heavy (non-hydrogen) atoms. The minimum absolute atomic E-state index is 0.0137. The summed E-state index contributed by atoms with van der Waals surface area (Å²) >= 11 is 1.66. The van der Waals surface area contributed by atoms with E-state index in [1.54, 1.807) is 23.3 Å². The van der Waals surface area contributed by atoms with Crippen LogP contribution < -0.4 is 9.64 Å². The summed E-state index contributed by atoms with van der Waals surface area (Å²) in [5.74, 6) is 0.621. The first-order valence-electron chi connectivity index (χ1n) is 8.94. The van der Waals surface area contributed by atoms with Crippen molar-refractivity contribution in [3.8, 4) is 5.75 Å². The number of rotatable bonds is 4. The molecule has 1 aromatic heterocycles. The third-order valence-electron chi connectivity index (χ3n) is 5.32. The van der Waals surface area contributed by atoms with Gasteiger partial charge in [-0.15, -0.1) is 0 Å². The topological polar surface area (TPSA) is 49.9 Å². The van der Waals surface area contributed by atoms with E-state index in [0.29, 0.717) is 6.54 Å². The van der Waals surface area contributed by atoms with Crippen molar-refractivity contribution >= 4 is 28.8 Å². The molecule has 0 bridgehead atoms. The van der Waals surface area contributed by atoms with Gasteiger partial charge in [-0.25, -0.2) is 0 Å². The molecule has 2 fully saturated rings. The Morgan fingerprint density at radius 1 is 1.23 bits per heavy atom. The minimum atomic E-state index is -0.260. The molecule has 4 rings (SSSR count). The molecule has 2 saturated heterocycles. The van der Waals surface area contributed by atoms with Gasteiger partial charge in [-0.2, -0.15) is 11.3 Å². The summed E-state index contributed by atoms with van der Waals surface area (Å²) in [4.78, 5) is 29.3. The first-order valence-corrected chi connectivity index (χ1v) is 9.88. The number of hydrogen-bond acceptors (Lipinski definition) is 4. The third-order valence-corrected chi connectivity index (χ3v) is 6.02. The van der Waals surface area contributed by atoms with Gasteiger partial charge < -0.3 is 14.5 Å². The molecule has 2 aliphatic rings. The molecule has 2 aliphatic heterocycles. The van der Waals surface area contributed by atoms with Crippen molar-refractivity contribution in [2.45, 2.75) is 25.3 Å². The molecule has 0 aliphatic carbocycles. The van der Waals surface area contributed by atoms with Gasteiger partial charge in [0.05, 0.1) is 19.1 Å². The number of likely N-dealkylation sites (tertiary alicyclic amines) is 1. The van der Waals surface area contributed by atoms with Gasteiger partial charge in [0.15, 0.2) is 0 Å². The fourth-order valence-electron chi connectivity index (χ4n) is 3.96. The quantitative estimate of drug-likeness (QED) is 0.828. The number of hydrogen-bond donors (Lipinski definition) is 0. The van der Waals surface area contributed by atoms with Gasteiger partial charge >= 0.3 is 0 Å². The van der Waals surface area contributed by atoms with Crippen molar-refractivity contribution in [3.63, 3.8) is 0 Å². The van der Waals surface area contributed by atoms with Crippen LogP contribution in [-0.2, 0) is 9.59 Å². The van der Waals surface area contributed by atoms with Crippen LogP contribution in [0.25, 0.3) is 0 Å². The van der Waals surface area contributed by atoms with Crippen molar-refractivity contribution in [2.75, 3.05) is 25.1 Å². The van der Waals surface area contributed by atoms with Crippen molar-refractivity contribution in [1.82, 2.24) is 4.90 Å². The van der Waals surface area contributed by atoms with Crippen LogP contribution in [0.3, 0.4) is 0 Å². The van der Waals surface area contributed by atoms with Crippen LogP contribution in [0.5, 0.6) is 5.75 Å². The maximum Gasteiger partial charge on any atom is 0.228 e. The fraction of sp³-hybridized carbons (Fsp3) is 0.400. The highest BCUT2D eigenvalue weighted by molar-refractivity contribution is 7.08. The summed E-state index contributed by atoms with van der Waals surface area (Å²) in [6.07, 6.45) is 2.32. The van der Waals surface area contributed by atoms with Gasteiger partial charge in [-0.05, 0) is 59.5 Å². The first kappa shape index (κ1) is 17.1. The van der Waals surface area contributed by atoms with E-state index < -0.39 is 0 Å². The number of amides is 2. The Morgan fingerprint density at radius 3 is 2.73 bits per heavy atom. The van der Waals surface area contributed by atoms with E-state index in [1.807, 2.05) is 29.2 Å². The molecular weight excluding hydrogens is 348 g/mol. The molecule has 3 heterocycles. The summed E-state index contributed by atoms with van der Waals surface area (Å²) in [5.41, 5.74) is 2.04. The Bertz CT molecular complexity index is 788. The second kappa shape index (κ2) is 7.11. The SMILES string of the molecule is COc1ccc(N2CC(C(=O)N3CCCC3c3ccsc3)CC2=O)cc1. The smallest absolute Gasteiger partial charge is 0.228 e. The number of ether oxygens (including phenoxy) is 1. The van der Waals surface area contributed by atoms with Crippen molar-refractivity contribution in [1.29, 1.82) is 0 Å². The monoisotopic (exact) mass is 370 g/mol. The molecule has 5 nitrogen and oxygen atoms in total. The third kappa shape index (κ3) is 3.09. The Kier molecular flexibility index (Phi) is 4.68. The van der Waals surface area contributed by atoms with Gasteiger partial charge in [0.1, 0.15) is 5.75 Å². The zero-order valence-corrected chi connectivity index (χ0v) is 15.6. The normalized spacial score (nSPS) is 22.9. The summed E-state index contributed by atoms with van der Waals surface area (Å²) < 4.78 is 5.17. The van der Waals surface area contributed by atoms with Crippen molar-refractivity contribution < 1.29 is 14.3 Å². The van der Waals surface area contributed by atoms with Crippen LogP contribution in [-0.4, -0.2) is 36.9 Å². The average molecular weight is 370 g/mol. The molecule has 0 saturated carbocycles. The molecule has 1 aromatic carbocycles. The molecule has 6 heteroatoms.